The van der Waals surface area contributed by atoms with Crippen LogP contribution in [0.1, 0.15) is 25.7 Å². The van der Waals surface area contributed by atoms with E-state index in [2.05, 4.69) is 10.0 Å². The van der Waals surface area contributed by atoms with Crippen LogP contribution in [0, 0.1) is 0 Å². The maximum absolute atomic E-state index is 12.7. The molecular formula is C15H24ClN3O4S2. The summed E-state index contributed by atoms with van der Waals surface area (Å²) in [5.74, 6) is 0. The van der Waals surface area contributed by atoms with Gasteiger partial charge in [0.05, 0.1) is 9.79 Å². The van der Waals surface area contributed by atoms with E-state index >= 15 is 0 Å². The van der Waals surface area contributed by atoms with Gasteiger partial charge in [-0.15, -0.1) is 12.4 Å². The second kappa shape index (κ2) is 7.89. The van der Waals surface area contributed by atoms with Gasteiger partial charge in [0.25, 0.3) is 0 Å². The molecule has 0 spiro atoms. The van der Waals surface area contributed by atoms with Gasteiger partial charge in [-0.05, 0) is 63.0 Å². The zero-order valence-corrected chi connectivity index (χ0v) is 16.5. The van der Waals surface area contributed by atoms with E-state index in [4.69, 9.17) is 0 Å². The second-order valence-electron chi connectivity index (χ2n) is 6.37. The first kappa shape index (κ1) is 20.6. The Morgan fingerprint density at radius 2 is 1.48 bits per heavy atom. The number of hydrogen-bond acceptors (Lipinski definition) is 5. The molecule has 2 aliphatic rings. The predicted octanol–water partition coefficient (Wildman–Crippen LogP) is 0.922. The minimum atomic E-state index is -3.62. The van der Waals surface area contributed by atoms with Crippen molar-refractivity contribution in [3.05, 3.63) is 24.3 Å². The first-order valence-corrected chi connectivity index (χ1v) is 11.0. The molecule has 2 fully saturated rings. The fraction of sp³-hybridized carbons (Fsp3) is 0.600. The maximum atomic E-state index is 12.7. The monoisotopic (exact) mass is 409 g/mol. The molecule has 1 aromatic rings. The van der Waals surface area contributed by atoms with E-state index in [-0.39, 0.29) is 34.3 Å². The molecule has 1 aliphatic heterocycles. The number of nitrogens with one attached hydrogen (secondary N) is 2. The van der Waals surface area contributed by atoms with Gasteiger partial charge in [0, 0.05) is 19.1 Å². The molecule has 0 aromatic heterocycles. The molecular weight excluding hydrogens is 386 g/mol. The highest BCUT2D eigenvalue weighted by atomic mass is 35.5. The molecule has 2 N–H and O–H groups in total. The highest BCUT2D eigenvalue weighted by Gasteiger charge is 2.30. The van der Waals surface area contributed by atoms with Crippen LogP contribution in [-0.2, 0) is 20.0 Å². The number of rotatable bonds is 6. The van der Waals surface area contributed by atoms with Gasteiger partial charge in [-0.3, -0.25) is 0 Å². The molecule has 25 heavy (non-hydrogen) atoms. The van der Waals surface area contributed by atoms with Crippen molar-refractivity contribution in [2.24, 2.45) is 0 Å². The summed E-state index contributed by atoms with van der Waals surface area (Å²) in [6.07, 6.45) is 3.25. The largest absolute Gasteiger partial charge is 0.317 e. The topological polar surface area (TPSA) is 95.6 Å². The normalized spacial score (nSPS) is 19.6. The van der Waals surface area contributed by atoms with Crippen LogP contribution >= 0.6 is 12.4 Å². The van der Waals surface area contributed by atoms with Crippen LogP contribution < -0.4 is 10.0 Å². The lowest BCUT2D eigenvalue weighted by Gasteiger charge is -2.30. The van der Waals surface area contributed by atoms with Gasteiger partial charge >= 0.3 is 0 Å². The Morgan fingerprint density at radius 3 is 2.00 bits per heavy atom. The molecule has 10 heteroatoms. The quantitative estimate of drug-likeness (QED) is 0.728. The van der Waals surface area contributed by atoms with Crippen molar-refractivity contribution in [2.45, 2.75) is 47.6 Å². The molecule has 1 heterocycles. The van der Waals surface area contributed by atoms with E-state index in [1.807, 2.05) is 0 Å². The molecule has 1 saturated heterocycles. The van der Waals surface area contributed by atoms with E-state index in [0.29, 0.717) is 0 Å². The number of hydrogen-bond donors (Lipinski definition) is 2. The predicted molar refractivity (Wildman–Crippen MR) is 97.9 cm³/mol. The summed E-state index contributed by atoms with van der Waals surface area (Å²) >= 11 is 0. The molecule has 0 unspecified atom stereocenters. The van der Waals surface area contributed by atoms with Crippen molar-refractivity contribution in [1.29, 1.82) is 0 Å². The van der Waals surface area contributed by atoms with Crippen LogP contribution in [0.4, 0.5) is 0 Å². The van der Waals surface area contributed by atoms with Crippen LogP contribution in [0.15, 0.2) is 34.1 Å². The Hall–Kier alpha value is -0.710. The van der Waals surface area contributed by atoms with E-state index < -0.39 is 20.0 Å². The molecule has 1 aromatic carbocycles. The average Bonchev–Trinajstić information content (AvgIpc) is 3.38. The van der Waals surface area contributed by atoms with Gasteiger partial charge < -0.3 is 5.32 Å². The molecule has 3 rings (SSSR count). The van der Waals surface area contributed by atoms with Crippen molar-refractivity contribution in [1.82, 2.24) is 14.3 Å². The third kappa shape index (κ3) is 4.72. The maximum Gasteiger partial charge on any atom is 0.243 e. The summed E-state index contributed by atoms with van der Waals surface area (Å²) in [4.78, 5) is 0.215. The SMILES string of the molecule is CN(C1CCNCC1)S(=O)(=O)c1ccc(S(=O)(=O)NC2CC2)cc1.Cl. The van der Waals surface area contributed by atoms with Crippen molar-refractivity contribution in [3.63, 3.8) is 0 Å². The van der Waals surface area contributed by atoms with E-state index in [0.717, 1.165) is 38.8 Å². The molecule has 1 aliphatic carbocycles. The van der Waals surface area contributed by atoms with Crippen molar-refractivity contribution >= 4 is 32.5 Å². The fourth-order valence-electron chi connectivity index (χ4n) is 2.81. The summed E-state index contributed by atoms with van der Waals surface area (Å²) in [6, 6.07) is 5.44. The van der Waals surface area contributed by atoms with Crippen molar-refractivity contribution in [3.8, 4) is 0 Å². The van der Waals surface area contributed by atoms with E-state index in [1.165, 1.54) is 28.6 Å². The molecule has 0 radical (unpaired) electrons. The lowest BCUT2D eigenvalue weighted by molar-refractivity contribution is 0.296. The van der Waals surface area contributed by atoms with E-state index in [9.17, 15) is 16.8 Å². The molecule has 0 bridgehead atoms. The highest BCUT2D eigenvalue weighted by molar-refractivity contribution is 7.89. The van der Waals surface area contributed by atoms with Crippen LogP contribution in [0.3, 0.4) is 0 Å². The molecule has 7 nitrogen and oxygen atoms in total. The van der Waals surface area contributed by atoms with Crippen molar-refractivity contribution in [2.75, 3.05) is 20.1 Å². The highest BCUT2D eigenvalue weighted by Crippen LogP contribution is 2.24. The number of benzene rings is 1. The summed E-state index contributed by atoms with van der Waals surface area (Å²) in [6.45, 7) is 1.60. The number of sulfonamides is 2. The number of halogens is 1. The Bertz CT molecular complexity index is 787. The average molecular weight is 410 g/mol. The van der Waals surface area contributed by atoms with E-state index in [1.54, 1.807) is 7.05 Å². The fourth-order valence-corrected chi connectivity index (χ4v) is 5.53. The Balaban J connectivity index is 0.00000225. The smallest absolute Gasteiger partial charge is 0.243 e. The number of piperidine rings is 1. The number of nitrogens with zero attached hydrogens (tertiary/aromatic N) is 1. The summed E-state index contributed by atoms with van der Waals surface area (Å²) in [5, 5.41) is 3.21. The van der Waals surface area contributed by atoms with Crippen molar-refractivity contribution < 1.29 is 16.8 Å². The van der Waals surface area contributed by atoms with Gasteiger partial charge in [-0.25, -0.2) is 21.6 Å². The summed E-state index contributed by atoms with van der Waals surface area (Å²) in [7, 11) is -5.60. The van der Waals surface area contributed by atoms with Crippen LogP contribution in [-0.4, -0.2) is 53.4 Å². The lowest BCUT2D eigenvalue weighted by Crippen LogP contribution is -2.43. The van der Waals surface area contributed by atoms with Gasteiger partial charge in [0.1, 0.15) is 0 Å². The third-order valence-electron chi connectivity index (χ3n) is 4.53. The molecule has 142 valence electrons. The zero-order chi connectivity index (χ0) is 17.4. The van der Waals surface area contributed by atoms with Crippen LogP contribution in [0.5, 0.6) is 0 Å². The molecule has 0 atom stereocenters. The van der Waals surface area contributed by atoms with Gasteiger partial charge in [0.2, 0.25) is 20.0 Å². The zero-order valence-electron chi connectivity index (χ0n) is 14.0. The first-order chi connectivity index (χ1) is 11.3. The minimum Gasteiger partial charge on any atom is -0.317 e. The Kier molecular flexibility index (Phi) is 6.50. The first-order valence-electron chi connectivity index (χ1n) is 8.12. The summed E-state index contributed by atoms with van der Waals surface area (Å²) in [5.41, 5.74) is 0. The van der Waals surface area contributed by atoms with Gasteiger partial charge in [-0.2, -0.15) is 4.31 Å². The third-order valence-corrected chi connectivity index (χ3v) is 7.99. The Labute approximate surface area is 155 Å². The van der Waals surface area contributed by atoms with Gasteiger partial charge in [0.15, 0.2) is 0 Å². The summed E-state index contributed by atoms with van der Waals surface area (Å²) < 4.78 is 53.7. The van der Waals surface area contributed by atoms with Crippen LogP contribution in [0.2, 0.25) is 0 Å². The Morgan fingerprint density at radius 1 is 0.960 bits per heavy atom. The molecule has 0 amide bonds. The standard InChI is InChI=1S/C15H23N3O4S2.ClH/c1-18(13-8-10-16-11-9-13)24(21,22)15-6-4-14(5-7-15)23(19,20)17-12-2-3-12;/h4-7,12-13,16-17H,2-3,8-11H2,1H3;1H. The van der Waals surface area contributed by atoms with Crippen LogP contribution in [0.25, 0.3) is 0 Å². The van der Waals surface area contributed by atoms with Gasteiger partial charge in [-0.1, -0.05) is 0 Å². The lowest BCUT2D eigenvalue weighted by atomic mass is 10.1. The second-order valence-corrected chi connectivity index (χ2v) is 10.1. The molecule has 1 saturated carbocycles. The minimum absolute atomic E-state index is 0.